The van der Waals surface area contributed by atoms with Crippen LogP contribution in [-0.2, 0) is 0 Å². The zero-order chi connectivity index (χ0) is 14.8. The molecule has 0 aromatic heterocycles. The van der Waals surface area contributed by atoms with Crippen LogP contribution in [-0.4, -0.2) is 24.0 Å². The van der Waals surface area contributed by atoms with E-state index in [9.17, 15) is 0 Å². The predicted molar refractivity (Wildman–Crippen MR) is 89.4 cm³/mol. The van der Waals surface area contributed by atoms with E-state index in [1.54, 1.807) is 0 Å². The number of benzene rings is 1. The van der Waals surface area contributed by atoms with Crippen LogP contribution in [0.25, 0.3) is 0 Å². The fourth-order valence-electron chi connectivity index (χ4n) is 4.46. The number of aryl methyl sites for hydroxylation is 2. The van der Waals surface area contributed by atoms with Gasteiger partial charge in [-0.25, -0.2) is 0 Å². The Kier molecular flexibility index (Phi) is 4.66. The van der Waals surface area contributed by atoms with Crippen LogP contribution in [0.4, 0.5) is 0 Å². The number of rotatable bonds is 3. The van der Waals surface area contributed by atoms with Gasteiger partial charge in [0.25, 0.3) is 0 Å². The van der Waals surface area contributed by atoms with Crippen molar-refractivity contribution in [1.82, 2.24) is 4.90 Å². The molecule has 1 heterocycles. The van der Waals surface area contributed by atoms with Crippen molar-refractivity contribution in [3.05, 3.63) is 34.9 Å². The van der Waals surface area contributed by atoms with Gasteiger partial charge in [0.15, 0.2) is 0 Å². The van der Waals surface area contributed by atoms with Gasteiger partial charge in [0.05, 0.1) is 0 Å². The molecule has 2 fully saturated rings. The Morgan fingerprint density at radius 1 is 1.14 bits per heavy atom. The highest BCUT2D eigenvalue weighted by Crippen LogP contribution is 2.36. The number of nitrogens with zero attached hydrogens (tertiary/aromatic N) is 1. The van der Waals surface area contributed by atoms with Crippen molar-refractivity contribution in [2.24, 2.45) is 11.7 Å². The summed E-state index contributed by atoms with van der Waals surface area (Å²) in [6.07, 6.45) is 8.50. The van der Waals surface area contributed by atoms with Gasteiger partial charge in [-0.05, 0) is 63.1 Å². The summed E-state index contributed by atoms with van der Waals surface area (Å²) in [4.78, 5) is 2.71. The minimum Gasteiger partial charge on any atom is -0.323 e. The Morgan fingerprint density at radius 2 is 1.90 bits per heavy atom. The van der Waals surface area contributed by atoms with Gasteiger partial charge in [-0.15, -0.1) is 0 Å². The van der Waals surface area contributed by atoms with Gasteiger partial charge in [-0.1, -0.05) is 36.6 Å². The molecule has 21 heavy (non-hydrogen) atoms. The third-order valence-corrected chi connectivity index (χ3v) is 5.62. The van der Waals surface area contributed by atoms with E-state index in [4.69, 9.17) is 5.73 Å². The molecule has 0 amide bonds. The Bertz CT molecular complexity index is 480. The monoisotopic (exact) mass is 286 g/mol. The van der Waals surface area contributed by atoms with Crippen LogP contribution < -0.4 is 5.73 Å². The van der Waals surface area contributed by atoms with Gasteiger partial charge in [-0.2, -0.15) is 0 Å². The third kappa shape index (κ3) is 3.32. The lowest BCUT2D eigenvalue weighted by Crippen LogP contribution is -2.49. The van der Waals surface area contributed by atoms with Crippen LogP contribution in [0.3, 0.4) is 0 Å². The predicted octanol–water partition coefficient (Wildman–Crippen LogP) is 3.96. The van der Waals surface area contributed by atoms with Gasteiger partial charge in [-0.3, -0.25) is 4.90 Å². The second kappa shape index (κ2) is 6.50. The molecule has 1 saturated heterocycles. The van der Waals surface area contributed by atoms with E-state index in [1.807, 2.05) is 0 Å². The molecule has 0 radical (unpaired) electrons. The normalized spacial score (nSPS) is 28.1. The molecule has 3 unspecified atom stereocenters. The number of likely N-dealkylation sites (tertiary alicyclic amines) is 1. The largest absolute Gasteiger partial charge is 0.323 e. The van der Waals surface area contributed by atoms with E-state index >= 15 is 0 Å². The number of fused-ring (bicyclic) bond motifs is 1. The molecule has 116 valence electrons. The van der Waals surface area contributed by atoms with Crippen molar-refractivity contribution in [3.63, 3.8) is 0 Å². The maximum Gasteiger partial charge on any atom is 0.0427 e. The van der Waals surface area contributed by atoms with Crippen LogP contribution in [0, 0.1) is 19.8 Å². The van der Waals surface area contributed by atoms with E-state index in [-0.39, 0.29) is 6.04 Å². The maximum absolute atomic E-state index is 6.58. The third-order valence-electron chi connectivity index (χ3n) is 5.62. The summed E-state index contributed by atoms with van der Waals surface area (Å²) in [6, 6.07) is 7.64. The summed E-state index contributed by atoms with van der Waals surface area (Å²) in [6.45, 7) is 6.63. The zero-order valence-corrected chi connectivity index (χ0v) is 13.6. The van der Waals surface area contributed by atoms with E-state index in [0.717, 1.165) is 18.5 Å². The maximum atomic E-state index is 6.58. The second-order valence-electron chi connectivity index (χ2n) is 7.22. The molecule has 2 aliphatic rings. The van der Waals surface area contributed by atoms with Crippen LogP contribution in [0.2, 0.25) is 0 Å². The second-order valence-corrected chi connectivity index (χ2v) is 7.22. The molecule has 1 aliphatic carbocycles. The molecule has 2 heteroatoms. The first-order chi connectivity index (χ1) is 10.1. The quantitative estimate of drug-likeness (QED) is 0.911. The molecule has 1 saturated carbocycles. The SMILES string of the molecule is Cc1ccc(C)c(C(N)CN2CCCC3CCCCC32)c1. The number of hydrogen-bond acceptors (Lipinski definition) is 2. The molecule has 0 bridgehead atoms. The summed E-state index contributed by atoms with van der Waals surface area (Å²) >= 11 is 0. The Hall–Kier alpha value is -0.860. The van der Waals surface area contributed by atoms with Crippen molar-refractivity contribution >= 4 is 0 Å². The highest BCUT2D eigenvalue weighted by atomic mass is 15.2. The summed E-state index contributed by atoms with van der Waals surface area (Å²) in [5.74, 6) is 0.943. The zero-order valence-electron chi connectivity index (χ0n) is 13.6. The molecule has 0 spiro atoms. The van der Waals surface area contributed by atoms with Crippen molar-refractivity contribution in [2.45, 2.75) is 64.5 Å². The lowest BCUT2D eigenvalue weighted by molar-refractivity contribution is 0.0561. The molecule has 2 N–H and O–H groups in total. The van der Waals surface area contributed by atoms with Crippen molar-refractivity contribution in [2.75, 3.05) is 13.1 Å². The summed E-state index contributed by atoms with van der Waals surface area (Å²) < 4.78 is 0. The van der Waals surface area contributed by atoms with Gasteiger partial charge in [0.1, 0.15) is 0 Å². The minimum atomic E-state index is 0.158. The highest BCUT2D eigenvalue weighted by molar-refractivity contribution is 5.33. The molecular weight excluding hydrogens is 256 g/mol. The molecule has 1 aromatic carbocycles. The molecular formula is C19H30N2. The number of nitrogens with two attached hydrogens (primary N) is 1. The Balaban J connectivity index is 1.71. The van der Waals surface area contributed by atoms with Crippen LogP contribution >= 0.6 is 0 Å². The molecule has 3 atom stereocenters. The van der Waals surface area contributed by atoms with Crippen LogP contribution in [0.15, 0.2) is 18.2 Å². The first-order valence-electron chi connectivity index (χ1n) is 8.72. The van der Waals surface area contributed by atoms with E-state index in [0.29, 0.717) is 0 Å². The number of hydrogen-bond donors (Lipinski definition) is 1. The van der Waals surface area contributed by atoms with Crippen molar-refractivity contribution in [3.8, 4) is 0 Å². The van der Waals surface area contributed by atoms with E-state index < -0.39 is 0 Å². The topological polar surface area (TPSA) is 29.3 Å². The fraction of sp³-hybridized carbons (Fsp3) is 0.684. The summed E-state index contributed by atoms with van der Waals surface area (Å²) in [7, 11) is 0. The lowest BCUT2D eigenvalue weighted by Gasteiger charge is -2.45. The Morgan fingerprint density at radius 3 is 2.76 bits per heavy atom. The van der Waals surface area contributed by atoms with Gasteiger partial charge in [0.2, 0.25) is 0 Å². The standard InChI is InChI=1S/C19H30N2/c1-14-9-10-15(2)17(12-14)18(20)13-21-11-5-7-16-6-3-4-8-19(16)21/h9-10,12,16,18-19H,3-8,11,13,20H2,1-2H3. The molecule has 2 nitrogen and oxygen atoms in total. The first kappa shape index (κ1) is 15.1. The van der Waals surface area contributed by atoms with Crippen LogP contribution in [0.1, 0.15) is 61.3 Å². The van der Waals surface area contributed by atoms with Gasteiger partial charge < -0.3 is 5.73 Å². The fourth-order valence-corrected chi connectivity index (χ4v) is 4.46. The average Bonchev–Trinajstić information content (AvgIpc) is 2.50. The summed E-state index contributed by atoms with van der Waals surface area (Å²) in [5.41, 5.74) is 10.6. The van der Waals surface area contributed by atoms with Gasteiger partial charge >= 0.3 is 0 Å². The Labute approximate surface area is 129 Å². The molecule has 3 rings (SSSR count). The smallest absolute Gasteiger partial charge is 0.0427 e. The minimum absolute atomic E-state index is 0.158. The van der Waals surface area contributed by atoms with E-state index in [1.165, 1.54) is 61.8 Å². The lowest BCUT2D eigenvalue weighted by atomic mass is 9.78. The first-order valence-corrected chi connectivity index (χ1v) is 8.72. The molecule has 1 aliphatic heterocycles. The average molecular weight is 286 g/mol. The van der Waals surface area contributed by atoms with Gasteiger partial charge in [0, 0.05) is 18.6 Å². The van der Waals surface area contributed by atoms with Crippen molar-refractivity contribution in [1.29, 1.82) is 0 Å². The van der Waals surface area contributed by atoms with E-state index in [2.05, 4.69) is 36.9 Å². The summed E-state index contributed by atoms with van der Waals surface area (Å²) in [5, 5.41) is 0. The van der Waals surface area contributed by atoms with Crippen molar-refractivity contribution < 1.29 is 0 Å². The molecule has 1 aromatic rings. The number of piperidine rings is 1. The van der Waals surface area contributed by atoms with Crippen LogP contribution in [0.5, 0.6) is 0 Å². The highest BCUT2D eigenvalue weighted by Gasteiger charge is 2.33.